The van der Waals surface area contributed by atoms with Crippen LogP contribution < -0.4 is 0 Å². The summed E-state index contributed by atoms with van der Waals surface area (Å²) in [6, 6.07) is 11.6. The standard InChI is InChI=1S/C20H22N4O3S/c1-23(14-18-21-19(22-27-18)17-3-2-12-28-17)20(25)16-6-4-15(5-7-16)13-24-8-10-26-11-9-24/h2-7,12H,8-11,13-14H2,1H3. The summed E-state index contributed by atoms with van der Waals surface area (Å²) in [7, 11) is 1.74. The quantitative estimate of drug-likeness (QED) is 0.636. The summed E-state index contributed by atoms with van der Waals surface area (Å²) < 4.78 is 10.7. The monoisotopic (exact) mass is 398 g/mol. The largest absolute Gasteiger partial charge is 0.379 e. The zero-order valence-corrected chi connectivity index (χ0v) is 16.5. The van der Waals surface area contributed by atoms with Crippen LogP contribution in [0.5, 0.6) is 0 Å². The molecule has 1 amide bonds. The molecule has 0 bridgehead atoms. The zero-order valence-electron chi connectivity index (χ0n) is 15.7. The van der Waals surface area contributed by atoms with E-state index in [0.29, 0.717) is 17.3 Å². The Morgan fingerprint density at radius 1 is 1.21 bits per heavy atom. The first-order valence-electron chi connectivity index (χ1n) is 9.20. The van der Waals surface area contributed by atoms with Crippen molar-refractivity contribution >= 4 is 17.2 Å². The molecule has 3 heterocycles. The summed E-state index contributed by atoms with van der Waals surface area (Å²) in [5, 5.41) is 5.95. The first-order valence-corrected chi connectivity index (χ1v) is 10.1. The van der Waals surface area contributed by atoms with Gasteiger partial charge in [0.15, 0.2) is 0 Å². The third-order valence-electron chi connectivity index (χ3n) is 4.64. The van der Waals surface area contributed by atoms with Crippen molar-refractivity contribution in [3.05, 3.63) is 58.8 Å². The molecule has 7 nitrogen and oxygen atoms in total. The fourth-order valence-electron chi connectivity index (χ4n) is 3.09. The lowest BCUT2D eigenvalue weighted by molar-refractivity contribution is 0.0342. The van der Waals surface area contributed by atoms with Crippen molar-refractivity contribution in [3.63, 3.8) is 0 Å². The third kappa shape index (κ3) is 4.46. The van der Waals surface area contributed by atoms with Crippen LogP contribution >= 0.6 is 11.3 Å². The molecule has 1 aromatic carbocycles. The van der Waals surface area contributed by atoms with Gasteiger partial charge in [-0.2, -0.15) is 4.98 Å². The van der Waals surface area contributed by atoms with E-state index in [1.165, 1.54) is 5.56 Å². The highest BCUT2D eigenvalue weighted by atomic mass is 32.1. The van der Waals surface area contributed by atoms with E-state index in [2.05, 4.69) is 15.0 Å². The molecule has 1 aliphatic heterocycles. The van der Waals surface area contributed by atoms with Gasteiger partial charge in [0.1, 0.15) is 0 Å². The second kappa shape index (κ2) is 8.64. The minimum Gasteiger partial charge on any atom is -0.379 e. The average molecular weight is 398 g/mol. The summed E-state index contributed by atoms with van der Waals surface area (Å²) in [5.74, 6) is 0.898. The number of thiophene rings is 1. The number of benzene rings is 1. The summed E-state index contributed by atoms with van der Waals surface area (Å²) >= 11 is 1.55. The van der Waals surface area contributed by atoms with Gasteiger partial charge in [0, 0.05) is 32.2 Å². The van der Waals surface area contributed by atoms with E-state index in [9.17, 15) is 4.79 Å². The molecule has 3 aromatic rings. The number of ether oxygens (including phenoxy) is 1. The predicted molar refractivity (Wildman–Crippen MR) is 106 cm³/mol. The van der Waals surface area contributed by atoms with E-state index in [4.69, 9.17) is 9.26 Å². The molecule has 0 N–H and O–H groups in total. The van der Waals surface area contributed by atoms with E-state index >= 15 is 0 Å². The van der Waals surface area contributed by atoms with Gasteiger partial charge in [-0.25, -0.2) is 0 Å². The lowest BCUT2D eigenvalue weighted by Crippen LogP contribution is -2.35. The van der Waals surface area contributed by atoms with Gasteiger partial charge in [0.05, 0.1) is 24.6 Å². The Hall–Kier alpha value is -2.55. The van der Waals surface area contributed by atoms with Crippen molar-refractivity contribution in [2.45, 2.75) is 13.1 Å². The molecule has 0 radical (unpaired) electrons. The van der Waals surface area contributed by atoms with Gasteiger partial charge in [0.2, 0.25) is 11.7 Å². The molecular formula is C20H22N4O3S. The number of aromatic nitrogens is 2. The van der Waals surface area contributed by atoms with Crippen LogP contribution in [0, 0.1) is 0 Å². The van der Waals surface area contributed by atoms with Crippen LogP contribution in [0.2, 0.25) is 0 Å². The van der Waals surface area contributed by atoms with E-state index in [1.807, 2.05) is 41.8 Å². The Balaban J connectivity index is 1.35. The summed E-state index contributed by atoms with van der Waals surface area (Å²) in [6.45, 7) is 4.60. The Labute approximate surface area is 167 Å². The maximum atomic E-state index is 12.7. The fourth-order valence-corrected chi connectivity index (χ4v) is 3.74. The van der Waals surface area contributed by atoms with Crippen molar-refractivity contribution < 1.29 is 14.1 Å². The molecule has 0 spiro atoms. The number of hydrogen-bond acceptors (Lipinski definition) is 7. The maximum absolute atomic E-state index is 12.7. The molecule has 146 valence electrons. The van der Waals surface area contributed by atoms with E-state index in [0.717, 1.165) is 37.7 Å². The predicted octanol–water partition coefficient (Wildman–Crippen LogP) is 2.90. The SMILES string of the molecule is CN(Cc1nc(-c2cccs2)no1)C(=O)c1ccc(CN2CCOCC2)cc1. The van der Waals surface area contributed by atoms with Gasteiger partial charge >= 0.3 is 0 Å². The lowest BCUT2D eigenvalue weighted by Gasteiger charge is -2.26. The number of morpholine rings is 1. The highest BCUT2D eigenvalue weighted by Crippen LogP contribution is 2.21. The molecule has 28 heavy (non-hydrogen) atoms. The Morgan fingerprint density at radius 3 is 2.71 bits per heavy atom. The van der Waals surface area contributed by atoms with Crippen LogP contribution in [0.1, 0.15) is 21.8 Å². The summed E-state index contributed by atoms with van der Waals surface area (Å²) in [5.41, 5.74) is 1.84. The van der Waals surface area contributed by atoms with E-state index < -0.39 is 0 Å². The third-order valence-corrected chi connectivity index (χ3v) is 5.51. The van der Waals surface area contributed by atoms with Crippen molar-refractivity contribution in [1.82, 2.24) is 19.9 Å². The second-order valence-electron chi connectivity index (χ2n) is 6.74. The van der Waals surface area contributed by atoms with Gasteiger partial charge in [-0.05, 0) is 29.1 Å². The van der Waals surface area contributed by atoms with Gasteiger partial charge in [-0.1, -0.05) is 23.4 Å². The Morgan fingerprint density at radius 2 is 2.00 bits per heavy atom. The molecule has 0 unspecified atom stereocenters. The van der Waals surface area contributed by atoms with Crippen LogP contribution in [0.25, 0.3) is 10.7 Å². The molecule has 8 heteroatoms. The van der Waals surface area contributed by atoms with Crippen LogP contribution in [-0.2, 0) is 17.8 Å². The molecule has 1 fully saturated rings. The van der Waals surface area contributed by atoms with Crippen molar-refractivity contribution in [1.29, 1.82) is 0 Å². The molecule has 0 saturated carbocycles. The molecule has 1 aliphatic rings. The van der Waals surface area contributed by atoms with Crippen LogP contribution in [0.4, 0.5) is 0 Å². The van der Waals surface area contributed by atoms with Gasteiger partial charge in [0.25, 0.3) is 5.91 Å². The maximum Gasteiger partial charge on any atom is 0.254 e. The summed E-state index contributed by atoms with van der Waals surface area (Å²) in [6.07, 6.45) is 0. The molecular weight excluding hydrogens is 376 g/mol. The average Bonchev–Trinajstić information content (AvgIpc) is 3.40. The van der Waals surface area contributed by atoms with Crippen LogP contribution in [-0.4, -0.2) is 59.2 Å². The normalized spacial score (nSPS) is 14.9. The summed E-state index contributed by atoms with van der Waals surface area (Å²) in [4.78, 5) is 22.0. The molecule has 4 rings (SSSR count). The molecule has 0 aliphatic carbocycles. The number of amides is 1. The Bertz CT molecular complexity index is 902. The number of carbonyl (C=O) groups excluding carboxylic acids is 1. The van der Waals surface area contributed by atoms with Gasteiger partial charge in [-0.3, -0.25) is 9.69 Å². The molecule has 0 atom stereocenters. The number of rotatable bonds is 6. The van der Waals surface area contributed by atoms with Crippen molar-refractivity contribution in [3.8, 4) is 10.7 Å². The number of hydrogen-bond donors (Lipinski definition) is 0. The first-order chi connectivity index (χ1) is 13.7. The minimum absolute atomic E-state index is 0.0752. The van der Waals surface area contributed by atoms with Crippen molar-refractivity contribution in [2.75, 3.05) is 33.4 Å². The van der Waals surface area contributed by atoms with Gasteiger partial charge in [-0.15, -0.1) is 11.3 Å². The first kappa shape index (κ1) is 18.8. The Kier molecular flexibility index (Phi) is 5.80. The van der Waals surface area contributed by atoms with E-state index in [-0.39, 0.29) is 12.5 Å². The topological polar surface area (TPSA) is 71.7 Å². The van der Waals surface area contributed by atoms with Crippen molar-refractivity contribution in [2.24, 2.45) is 0 Å². The second-order valence-corrected chi connectivity index (χ2v) is 7.68. The smallest absolute Gasteiger partial charge is 0.254 e. The lowest BCUT2D eigenvalue weighted by atomic mass is 10.1. The highest BCUT2D eigenvalue weighted by Gasteiger charge is 2.17. The minimum atomic E-state index is -0.0752. The molecule has 1 saturated heterocycles. The fraction of sp³-hybridized carbons (Fsp3) is 0.350. The zero-order chi connectivity index (χ0) is 19.3. The number of nitrogens with zero attached hydrogens (tertiary/aromatic N) is 4. The van der Waals surface area contributed by atoms with Gasteiger partial charge < -0.3 is 14.2 Å². The highest BCUT2D eigenvalue weighted by molar-refractivity contribution is 7.13. The molecule has 2 aromatic heterocycles. The van der Waals surface area contributed by atoms with E-state index in [1.54, 1.807) is 23.3 Å². The van der Waals surface area contributed by atoms with Crippen LogP contribution in [0.15, 0.2) is 46.3 Å². The number of carbonyl (C=O) groups is 1. The van der Waals surface area contributed by atoms with Crippen LogP contribution in [0.3, 0.4) is 0 Å².